The second kappa shape index (κ2) is 7.43. The Morgan fingerprint density at radius 1 is 1.00 bits per heavy atom. The van der Waals surface area contributed by atoms with Gasteiger partial charge in [-0.15, -0.1) is 0 Å². The van der Waals surface area contributed by atoms with Crippen LogP contribution >= 0.6 is 0 Å². The van der Waals surface area contributed by atoms with Gasteiger partial charge in [0.2, 0.25) is 10.0 Å². The zero-order valence-corrected chi connectivity index (χ0v) is 15.6. The first-order valence-corrected chi connectivity index (χ1v) is 9.49. The molecule has 7 nitrogen and oxygen atoms in total. The molecule has 0 radical (unpaired) electrons. The van der Waals surface area contributed by atoms with E-state index in [2.05, 4.69) is 4.72 Å². The highest BCUT2D eigenvalue weighted by atomic mass is 32.2. The first kappa shape index (κ1) is 18.3. The van der Waals surface area contributed by atoms with Crippen LogP contribution in [0.3, 0.4) is 0 Å². The lowest BCUT2D eigenvalue weighted by molar-refractivity contribution is 0.253. The molecule has 1 heterocycles. The van der Waals surface area contributed by atoms with Crippen LogP contribution in [0.15, 0.2) is 41.3 Å². The Bertz CT molecular complexity index is 897. The third-order valence-electron chi connectivity index (χ3n) is 4.16. The number of sulfonamides is 1. The molecule has 1 atom stereocenters. The fraction of sp³-hybridized carbons (Fsp3) is 0.333. The molecule has 2 aromatic carbocycles. The van der Waals surface area contributed by atoms with E-state index in [1.54, 1.807) is 19.2 Å². The van der Waals surface area contributed by atoms with Crippen LogP contribution in [-0.4, -0.2) is 42.4 Å². The normalized spacial score (nSPS) is 16.3. The highest BCUT2D eigenvalue weighted by Crippen LogP contribution is 2.31. The molecular weight excluding hydrogens is 358 g/mol. The largest absolute Gasteiger partial charge is 0.497 e. The molecule has 0 fully saturated rings. The van der Waals surface area contributed by atoms with E-state index in [0.717, 1.165) is 11.3 Å². The topological polar surface area (TPSA) is 83.1 Å². The van der Waals surface area contributed by atoms with E-state index < -0.39 is 16.1 Å². The van der Waals surface area contributed by atoms with Gasteiger partial charge in [-0.25, -0.2) is 13.1 Å². The first-order chi connectivity index (χ1) is 12.5. The summed E-state index contributed by atoms with van der Waals surface area (Å²) in [5.74, 6) is 2.11. The molecule has 0 saturated carbocycles. The van der Waals surface area contributed by atoms with Crippen molar-refractivity contribution >= 4 is 10.0 Å². The van der Waals surface area contributed by atoms with Crippen molar-refractivity contribution in [2.45, 2.75) is 17.4 Å². The maximum atomic E-state index is 12.9. The fourth-order valence-electron chi connectivity index (χ4n) is 2.85. The van der Waals surface area contributed by atoms with Gasteiger partial charge in [0.05, 0.1) is 27.4 Å². The van der Waals surface area contributed by atoms with E-state index >= 15 is 0 Å². The molecule has 0 amide bonds. The molecular formula is C18H21NO6S. The van der Waals surface area contributed by atoms with Gasteiger partial charge in [0, 0.05) is 6.07 Å². The highest BCUT2D eigenvalue weighted by molar-refractivity contribution is 7.89. The van der Waals surface area contributed by atoms with E-state index in [9.17, 15) is 8.42 Å². The smallest absolute Gasteiger partial charge is 0.244 e. The second-order valence-electron chi connectivity index (χ2n) is 5.82. The molecule has 1 N–H and O–H groups in total. The Morgan fingerprint density at radius 3 is 2.38 bits per heavy atom. The van der Waals surface area contributed by atoms with Crippen LogP contribution in [-0.2, 0) is 16.4 Å². The van der Waals surface area contributed by atoms with Crippen molar-refractivity contribution in [3.63, 3.8) is 0 Å². The van der Waals surface area contributed by atoms with Gasteiger partial charge in [-0.1, -0.05) is 0 Å². The third kappa shape index (κ3) is 3.71. The van der Waals surface area contributed by atoms with Crippen LogP contribution < -0.4 is 23.7 Å². The predicted molar refractivity (Wildman–Crippen MR) is 95.8 cm³/mol. The molecule has 0 bridgehead atoms. The van der Waals surface area contributed by atoms with E-state index in [-0.39, 0.29) is 17.3 Å². The molecule has 26 heavy (non-hydrogen) atoms. The molecule has 8 heteroatoms. The Balaban J connectivity index is 1.84. The van der Waals surface area contributed by atoms with Gasteiger partial charge in [0.1, 0.15) is 34.5 Å². The summed E-state index contributed by atoms with van der Waals surface area (Å²) in [6, 6.07) is 9.71. The van der Waals surface area contributed by atoms with Crippen LogP contribution in [0.4, 0.5) is 0 Å². The summed E-state index contributed by atoms with van der Waals surface area (Å²) >= 11 is 0. The van der Waals surface area contributed by atoms with Crippen molar-refractivity contribution in [2.24, 2.45) is 0 Å². The van der Waals surface area contributed by atoms with Crippen molar-refractivity contribution in [3.8, 4) is 23.0 Å². The molecule has 0 aliphatic carbocycles. The maximum absolute atomic E-state index is 12.9. The molecule has 0 spiro atoms. The van der Waals surface area contributed by atoms with E-state index in [0.29, 0.717) is 17.9 Å². The fourth-order valence-corrected chi connectivity index (χ4v) is 4.26. The Kier molecular flexibility index (Phi) is 5.24. The van der Waals surface area contributed by atoms with Gasteiger partial charge in [0.25, 0.3) is 0 Å². The van der Waals surface area contributed by atoms with Crippen molar-refractivity contribution in [2.75, 3.05) is 27.9 Å². The minimum Gasteiger partial charge on any atom is -0.497 e. The Morgan fingerprint density at radius 2 is 1.69 bits per heavy atom. The summed E-state index contributed by atoms with van der Waals surface area (Å²) in [4.78, 5) is 0.0239. The number of benzene rings is 2. The molecule has 3 rings (SSSR count). The lowest BCUT2D eigenvalue weighted by Gasteiger charge is -2.26. The number of rotatable bonds is 6. The van der Waals surface area contributed by atoms with Crippen molar-refractivity contribution in [1.29, 1.82) is 0 Å². The SMILES string of the molecule is COc1ccc2c(c1)C[C@@H](NS(=O)(=O)c1cc(OC)ccc1OC)CO2. The number of methoxy groups -OCH3 is 3. The summed E-state index contributed by atoms with van der Waals surface area (Å²) in [5, 5.41) is 0. The average molecular weight is 379 g/mol. The predicted octanol–water partition coefficient (Wildman–Crippen LogP) is 1.99. The van der Waals surface area contributed by atoms with Gasteiger partial charge in [-0.2, -0.15) is 0 Å². The van der Waals surface area contributed by atoms with Gasteiger partial charge >= 0.3 is 0 Å². The van der Waals surface area contributed by atoms with E-state index in [1.165, 1.54) is 20.3 Å². The van der Waals surface area contributed by atoms with E-state index in [4.69, 9.17) is 18.9 Å². The zero-order chi connectivity index (χ0) is 18.7. The summed E-state index contributed by atoms with van der Waals surface area (Å²) in [6.45, 7) is 0.241. The number of fused-ring (bicyclic) bond motifs is 1. The van der Waals surface area contributed by atoms with Gasteiger partial charge in [-0.3, -0.25) is 0 Å². The Labute approximate surface area is 152 Å². The lowest BCUT2D eigenvalue weighted by Crippen LogP contribution is -2.42. The average Bonchev–Trinajstić information content (AvgIpc) is 2.66. The minimum atomic E-state index is -3.82. The number of hydrogen-bond acceptors (Lipinski definition) is 6. The zero-order valence-electron chi connectivity index (χ0n) is 14.8. The minimum absolute atomic E-state index is 0.0239. The van der Waals surface area contributed by atoms with Crippen molar-refractivity contribution in [3.05, 3.63) is 42.0 Å². The van der Waals surface area contributed by atoms with Crippen LogP contribution in [0, 0.1) is 0 Å². The summed E-state index contributed by atoms with van der Waals surface area (Å²) in [5.41, 5.74) is 0.890. The van der Waals surface area contributed by atoms with Crippen LogP contribution in [0.1, 0.15) is 5.56 Å². The second-order valence-corrected chi connectivity index (χ2v) is 7.51. The number of ether oxygens (including phenoxy) is 4. The third-order valence-corrected chi connectivity index (χ3v) is 5.70. The van der Waals surface area contributed by atoms with Crippen molar-refractivity contribution < 1.29 is 27.4 Å². The Hall–Kier alpha value is -2.45. The van der Waals surface area contributed by atoms with Gasteiger partial charge in [0.15, 0.2) is 0 Å². The van der Waals surface area contributed by atoms with Gasteiger partial charge in [-0.05, 0) is 42.3 Å². The molecule has 2 aromatic rings. The van der Waals surface area contributed by atoms with Crippen LogP contribution in [0.25, 0.3) is 0 Å². The molecule has 0 saturated heterocycles. The number of hydrogen-bond donors (Lipinski definition) is 1. The van der Waals surface area contributed by atoms with Crippen LogP contribution in [0.2, 0.25) is 0 Å². The molecule has 0 unspecified atom stereocenters. The molecule has 1 aliphatic rings. The summed E-state index contributed by atoms with van der Waals surface area (Å²) in [7, 11) is 0.665. The van der Waals surface area contributed by atoms with Crippen LogP contribution in [0.5, 0.6) is 23.0 Å². The van der Waals surface area contributed by atoms with Gasteiger partial charge < -0.3 is 18.9 Å². The molecule has 0 aromatic heterocycles. The quantitative estimate of drug-likeness (QED) is 0.827. The number of nitrogens with one attached hydrogen (secondary N) is 1. The highest BCUT2D eigenvalue weighted by Gasteiger charge is 2.28. The summed E-state index contributed by atoms with van der Waals surface area (Å²) < 4.78 is 49.6. The first-order valence-electron chi connectivity index (χ1n) is 8.01. The standard InChI is InChI=1S/C18H21NO6S/c1-22-14-4-6-16-12(9-14)8-13(11-25-16)19-26(20,21)18-10-15(23-2)5-7-17(18)24-3/h4-7,9-10,13,19H,8,11H2,1-3H3/t13-/m1/s1. The monoisotopic (exact) mass is 379 g/mol. The lowest BCUT2D eigenvalue weighted by atomic mass is 10.0. The van der Waals surface area contributed by atoms with Crippen molar-refractivity contribution in [1.82, 2.24) is 4.72 Å². The van der Waals surface area contributed by atoms with E-state index in [1.807, 2.05) is 18.2 Å². The molecule has 1 aliphatic heterocycles. The summed E-state index contributed by atoms with van der Waals surface area (Å²) in [6.07, 6.45) is 0.498. The molecule has 140 valence electrons. The maximum Gasteiger partial charge on any atom is 0.244 e.